The Morgan fingerprint density at radius 3 is 2.48 bits per heavy atom. The third kappa shape index (κ3) is 7.56. The molecule has 0 fully saturated rings. The predicted molar refractivity (Wildman–Crippen MR) is 106 cm³/mol. The first-order valence-corrected chi connectivity index (χ1v) is 10.3. The molecular formula is C18H30N4O4S. The molecule has 0 saturated heterocycles. The Bertz CT molecular complexity index is 770. The van der Waals surface area contributed by atoms with Crippen molar-refractivity contribution in [1.82, 2.24) is 15.4 Å². The average molecular weight is 399 g/mol. The number of sulfonamides is 1. The average Bonchev–Trinajstić information content (AvgIpc) is 2.59. The number of aliphatic hydroxyl groups excluding tert-OH is 1. The first kappa shape index (κ1) is 22.9. The van der Waals surface area contributed by atoms with Crippen LogP contribution < -0.4 is 15.4 Å². The maximum Gasteiger partial charge on any atom is 0.264 e. The molecule has 0 radical (unpaired) electrons. The van der Waals surface area contributed by atoms with Crippen molar-refractivity contribution < 1.29 is 18.3 Å². The summed E-state index contributed by atoms with van der Waals surface area (Å²) in [7, 11) is -2.32. The maximum absolute atomic E-state index is 12.5. The number of rotatable bonds is 7. The monoisotopic (exact) mass is 398 g/mol. The molecule has 152 valence electrons. The summed E-state index contributed by atoms with van der Waals surface area (Å²) < 4.78 is 27.4. The number of amides is 1. The van der Waals surface area contributed by atoms with Gasteiger partial charge < -0.3 is 15.7 Å². The van der Waals surface area contributed by atoms with Crippen LogP contribution >= 0.6 is 0 Å². The van der Waals surface area contributed by atoms with E-state index >= 15 is 0 Å². The van der Waals surface area contributed by atoms with Crippen molar-refractivity contribution >= 4 is 21.9 Å². The van der Waals surface area contributed by atoms with E-state index in [1.165, 1.54) is 24.3 Å². The zero-order valence-electron chi connectivity index (χ0n) is 16.5. The second kappa shape index (κ2) is 9.70. The van der Waals surface area contributed by atoms with Gasteiger partial charge in [0.05, 0.1) is 17.5 Å². The van der Waals surface area contributed by atoms with Gasteiger partial charge in [0.1, 0.15) is 0 Å². The molecule has 9 heteroatoms. The van der Waals surface area contributed by atoms with Crippen LogP contribution in [-0.2, 0) is 10.0 Å². The molecule has 0 heterocycles. The standard InChI is InChI=1S/C18H30N4O4S/c1-6-20-17(19-5)22-27(25,26)15-9-7-8-13(10-15)16(24)21-14(12-23)11-18(2,3)4/h7-10,14,23H,6,11-12H2,1-5H3,(H,21,24)(H2,19,20,22)/t14-/m1/s1. The summed E-state index contributed by atoms with van der Waals surface area (Å²) >= 11 is 0. The van der Waals surface area contributed by atoms with E-state index in [0.717, 1.165) is 0 Å². The fourth-order valence-corrected chi connectivity index (χ4v) is 3.56. The van der Waals surface area contributed by atoms with Gasteiger partial charge in [-0.05, 0) is 37.0 Å². The van der Waals surface area contributed by atoms with Crippen LogP contribution in [0.4, 0.5) is 0 Å². The van der Waals surface area contributed by atoms with Crippen molar-refractivity contribution in [1.29, 1.82) is 0 Å². The van der Waals surface area contributed by atoms with Gasteiger partial charge in [0, 0.05) is 19.2 Å². The lowest BCUT2D eigenvalue weighted by Gasteiger charge is -2.25. The highest BCUT2D eigenvalue weighted by Gasteiger charge is 2.22. The van der Waals surface area contributed by atoms with Crippen molar-refractivity contribution in [3.63, 3.8) is 0 Å². The molecular weight excluding hydrogens is 368 g/mol. The van der Waals surface area contributed by atoms with Crippen LogP contribution in [0, 0.1) is 5.41 Å². The number of carbonyl (C=O) groups excluding carboxylic acids is 1. The Kier molecular flexibility index (Phi) is 8.23. The number of nitrogens with zero attached hydrogens (tertiary/aromatic N) is 1. The SMILES string of the molecule is CC/N=C(\NC)NS(=O)(=O)c1cccc(C(=O)N[C@@H](CO)CC(C)(C)C)c1. The summed E-state index contributed by atoms with van der Waals surface area (Å²) in [6.45, 7) is 8.04. The molecule has 4 N–H and O–H groups in total. The molecule has 0 spiro atoms. The fraction of sp³-hybridized carbons (Fsp3) is 0.556. The highest BCUT2D eigenvalue weighted by molar-refractivity contribution is 7.90. The van der Waals surface area contributed by atoms with E-state index in [-0.39, 0.29) is 28.4 Å². The van der Waals surface area contributed by atoms with E-state index in [4.69, 9.17) is 0 Å². The first-order valence-electron chi connectivity index (χ1n) is 8.79. The Morgan fingerprint density at radius 1 is 1.30 bits per heavy atom. The van der Waals surface area contributed by atoms with Gasteiger partial charge in [-0.3, -0.25) is 9.79 Å². The van der Waals surface area contributed by atoms with E-state index in [1.807, 2.05) is 20.8 Å². The molecule has 0 aliphatic heterocycles. The van der Waals surface area contributed by atoms with E-state index < -0.39 is 22.0 Å². The maximum atomic E-state index is 12.5. The van der Waals surface area contributed by atoms with E-state index in [0.29, 0.717) is 13.0 Å². The molecule has 0 saturated carbocycles. The van der Waals surface area contributed by atoms with Crippen LogP contribution in [0.15, 0.2) is 34.2 Å². The third-order valence-corrected chi connectivity index (χ3v) is 4.94. The third-order valence-electron chi connectivity index (χ3n) is 3.60. The highest BCUT2D eigenvalue weighted by Crippen LogP contribution is 2.21. The smallest absolute Gasteiger partial charge is 0.264 e. The van der Waals surface area contributed by atoms with Crippen LogP contribution in [0.25, 0.3) is 0 Å². The van der Waals surface area contributed by atoms with Crippen molar-refractivity contribution in [3.05, 3.63) is 29.8 Å². The normalized spacial score (nSPS) is 13.8. The number of benzene rings is 1. The van der Waals surface area contributed by atoms with Gasteiger partial charge in [0.15, 0.2) is 0 Å². The Balaban J connectivity index is 3.00. The number of guanidine groups is 1. The summed E-state index contributed by atoms with van der Waals surface area (Å²) in [6.07, 6.45) is 0.591. The summed E-state index contributed by atoms with van der Waals surface area (Å²) in [6, 6.07) is 5.30. The first-order chi connectivity index (χ1) is 12.5. The molecule has 1 atom stereocenters. The van der Waals surface area contributed by atoms with Crippen LogP contribution in [-0.4, -0.2) is 51.6 Å². The number of hydrogen-bond donors (Lipinski definition) is 4. The lowest BCUT2D eigenvalue weighted by molar-refractivity contribution is 0.0897. The molecule has 0 bridgehead atoms. The Morgan fingerprint density at radius 2 is 1.96 bits per heavy atom. The molecule has 0 aliphatic carbocycles. The van der Waals surface area contributed by atoms with Gasteiger partial charge in [-0.1, -0.05) is 26.8 Å². The molecule has 8 nitrogen and oxygen atoms in total. The summed E-state index contributed by atoms with van der Waals surface area (Å²) in [4.78, 5) is 16.4. The fourth-order valence-electron chi connectivity index (χ4n) is 2.48. The molecule has 1 aromatic rings. The molecule has 0 aliphatic rings. The quantitative estimate of drug-likeness (QED) is 0.405. The number of hydrogen-bond acceptors (Lipinski definition) is 5. The number of aliphatic imine (C=N–C) groups is 1. The lowest BCUT2D eigenvalue weighted by Crippen LogP contribution is -2.40. The van der Waals surface area contributed by atoms with Crippen LogP contribution in [0.3, 0.4) is 0 Å². The molecule has 0 aromatic heterocycles. The van der Waals surface area contributed by atoms with Crippen molar-refractivity contribution in [2.24, 2.45) is 10.4 Å². The Labute approximate surface area is 161 Å². The number of carbonyl (C=O) groups is 1. The Hall–Kier alpha value is -2.13. The largest absolute Gasteiger partial charge is 0.394 e. The van der Waals surface area contributed by atoms with Crippen molar-refractivity contribution in [2.75, 3.05) is 20.2 Å². The second-order valence-corrected chi connectivity index (χ2v) is 9.01. The molecule has 0 unspecified atom stereocenters. The topological polar surface area (TPSA) is 120 Å². The van der Waals surface area contributed by atoms with Gasteiger partial charge in [-0.15, -0.1) is 0 Å². The van der Waals surface area contributed by atoms with Gasteiger partial charge in [0.2, 0.25) is 5.96 Å². The van der Waals surface area contributed by atoms with E-state index in [1.54, 1.807) is 14.0 Å². The minimum atomic E-state index is -3.89. The zero-order chi connectivity index (χ0) is 20.7. The van der Waals surface area contributed by atoms with Crippen molar-refractivity contribution in [3.8, 4) is 0 Å². The predicted octanol–water partition coefficient (Wildman–Crippen LogP) is 1.09. The molecule has 1 rings (SSSR count). The van der Waals surface area contributed by atoms with Gasteiger partial charge in [0.25, 0.3) is 15.9 Å². The molecule has 1 amide bonds. The number of nitrogens with one attached hydrogen (secondary N) is 3. The van der Waals surface area contributed by atoms with Crippen LogP contribution in [0.1, 0.15) is 44.5 Å². The summed E-state index contributed by atoms with van der Waals surface area (Å²) in [5, 5.41) is 14.9. The van der Waals surface area contributed by atoms with E-state index in [2.05, 4.69) is 20.3 Å². The van der Waals surface area contributed by atoms with E-state index in [9.17, 15) is 18.3 Å². The lowest BCUT2D eigenvalue weighted by atomic mass is 9.88. The molecule has 1 aromatic carbocycles. The number of aliphatic hydroxyl groups is 1. The second-order valence-electron chi connectivity index (χ2n) is 7.32. The minimum Gasteiger partial charge on any atom is -0.394 e. The van der Waals surface area contributed by atoms with Gasteiger partial charge in [-0.25, -0.2) is 13.1 Å². The zero-order valence-corrected chi connectivity index (χ0v) is 17.4. The van der Waals surface area contributed by atoms with Crippen molar-refractivity contribution in [2.45, 2.75) is 45.1 Å². The van der Waals surface area contributed by atoms with Crippen LogP contribution in [0.5, 0.6) is 0 Å². The summed E-state index contributed by atoms with van der Waals surface area (Å²) in [5.74, 6) is -0.315. The van der Waals surface area contributed by atoms with Gasteiger partial charge in [-0.2, -0.15) is 0 Å². The van der Waals surface area contributed by atoms with Gasteiger partial charge >= 0.3 is 0 Å². The summed E-state index contributed by atoms with van der Waals surface area (Å²) in [5.41, 5.74) is 0.126. The molecule has 27 heavy (non-hydrogen) atoms. The van der Waals surface area contributed by atoms with Crippen LogP contribution in [0.2, 0.25) is 0 Å². The minimum absolute atomic E-state index is 0.0504. The highest BCUT2D eigenvalue weighted by atomic mass is 32.2.